The van der Waals surface area contributed by atoms with Crippen molar-refractivity contribution in [3.05, 3.63) is 71.4 Å². The molecule has 29 heavy (non-hydrogen) atoms. The van der Waals surface area contributed by atoms with Crippen LogP contribution in [0.2, 0.25) is 0 Å². The maximum Gasteiger partial charge on any atom is 0.243 e. The highest BCUT2D eigenvalue weighted by atomic mass is 32.2. The molecule has 2 aromatic carbocycles. The first kappa shape index (κ1) is 19.6. The SMILES string of the molecule is CCc1ccc(S(=O)(=O)N2CC(c3nc(Cc4ccccc4OC)no3)C2)cc1. The zero-order valence-corrected chi connectivity index (χ0v) is 17.2. The van der Waals surface area contributed by atoms with Crippen LogP contribution in [0.25, 0.3) is 0 Å². The molecule has 0 unspecified atom stereocenters. The van der Waals surface area contributed by atoms with Crippen molar-refractivity contribution in [3.63, 3.8) is 0 Å². The van der Waals surface area contributed by atoms with E-state index in [0.29, 0.717) is 36.1 Å². The molecule has 7 nitrogen and oxygen atoms in total. The Hall–Kier alpha value is -2.71. The summed E-state index contributed by atoms with van der Waals surface area (Å²) in [7, 11) is -1.87. The molecule has 0 atom stereocenters. The number of aryl methyl sites for hydroxylation is 1. The van der Waals surface area contributed by atoms with Crippen LogP contribution in [0, 0.1) is 0 Å². The van der Waals surface area contributed by atoms with Crippen molar-refractivity contribution in [2.24, 2.45) is 0 Å². The highest BCUT2D eigenvalue weighted by Crippen LogP contribution is 2.31. The zero-order valence-electron chi connectivity index (χ0n) is 16.4. The number of methoxy groups -OCH3 is 1. The standard InChI is InChI=1S/C21H23N3O4S/c1-3-15-8-10-18(11-9-15)29(25,26)24-13-17(14-24)21-22-20(23-28-21)12-16-6-4-5-7-19(16)27-2/h4-11,17H,3,12-14H2,1-2H3. The molecule has 0 aliphatic carbocycles. The number of benzene rings is 2. The van der Waals surface area contributed by atoms with Crippen molar-refractivity contribution in [3.8, 4) is 5.75 Å². The summed E-state index contributed by atoms with van der Waals surface area (Å²) in [6, 6.07) is 14.7. The van der Waals surface area contributed by atoms with Crippen LogP contribution in [0.3, 0.4) is 0 Å². The Labute approximate surface area is 170 Å². The molecule has 3 aromatic rings. The third-order valence-corrected chi connectivity index (χ3v) is 7.04. The Bertz CT molecular complexity index is 1090. The predicted octanol–water partition coefficient (Wildman–Crippen LogP) is 3.02. The van der Waals surface area contributed by atoms with Crippen molar-refractivity contribution in [2.45, 2.75) is 30.6 Å². The van der Waals surface area contributed by atoms with Gasteiger partial charge >= 0.3 is 0 Å². The zero-order chi connectivity index (χ0) is 20.4. The highest BCUT2D eigenvalue weighted by Gasteiger charge is 2.40. The van der Waals surface area contributed by atoms with E-state index in [0.717, 1.165) is 23.3 Å². The Kier molecular flexibility index (Phi) is 5.38. The summed E-state index contributed by atoms with van der Waals surface area (Å²) in [4.78, 5) is 4.78. The summed E-state index contributed by atoms with van der Waals surface area (Å²) in [5, 5.41) is 4.04. The lowest BCUT2D eigenvalue weighted by Gasteiger charge is -2.35. The van der Waals surface area contributed by atoms with Crippen molar-refractivity contribution < 1.29 is 17.7 Å². The van der Waals surface area contributed by atoms with Crippen molar-refractivity contribution in [1.82, 2.24) is 14.4 Å². The second-order valence-electron chi connectivity index (χ2n) is 7.05. The van der Waals surface area contributed by atoms with E-state index in [1.165, 1.54) is 4.31 Å². The molecular weight excluding hydrogens is 390 g/mol. The van der Waals surface area contributed by atoms with E-state index < -0.39 is 10.0 Å². The number of para-hydroxylation sites is 1. The molecule has 1 aliphatic heterocycles. The maximum atomic E-state index is 12.8. The number of ether oxygens (including phenoxy) is 1. The third kappa shape index (κ3) is 3.90. The molecule has 0 N–H and O–H groups in total. The molecule has 152 valence electrons. The summed E-state index contributed by atoms with van der Waals surface area (Å²) in [5.74, 6) is 1.72. The number of aromatic nitrogens is 2. The third-order valence-electron chi connectivity index (χ3n) is 5.19. The van der Waals surface area contributed by atoms with Crippen molar-refractivity contribution in [2.75, 3.05) is 20.2 Å². The largest absolute Gasteiger partial charge is 0.496 e. The van der Waals surface area contributed by atoms with E-state index in [2.05, 4.69) is 10.1 Å². The molecule has 1 fully saturated rings. The van der Waals surface area contributed by atoms with Gasteiger partial charge in [0.25, 0.3) is 0 Å². The molecule has 2 heterocycles. The second-order valence-corrected chi connectivity index (χ2v) is 8.99. The van der Waals surface area contributed by atoms with Crippen LogP contribution in [0.4, 0.5) is 0 Å². The minimum absolute atomic E-state index is 0.0846. The maximum absolute atomic E-state index is 12.8. The van der Waals surface area contributed by atoms with E-state index in [9.17, 15) is 8.42 Å². The van der Waals surface area contributed by atoms with Gasteiger partial charge in [-0.15, -0.1) is 0 Å². The fraction of sp³-hybridized carbons (Fsp3) is 0.333. The quantitative estimate of drug-likeness (QED) is 0.592. The first-order valence-corrected chi connectivity index (χ1v) is 11.0. The summed E-state index contributed by atoms with van der Waals surface area (Å²) in [5.41, 5.74) is 2.08. The fourth-order valence-corrected chi connectivity index (χ4v) is 4.89. The second kappa shape index (κ2) is 7.96. The minimum Gasteiger partial charge on any atom is -0.496 e. The van der Waals surface area contributed by atoms with E-state index in [-0.39, 0.29) is 5.92 Å². The summed E-state index contributed by atoms with van der Waals surface area (Å²) < 4.78 is 37.7. The number of hydrogen-bond donors (Lipinski definition) is 0. The van der Waals surface area contributed by atoms with Gasteiger partial charge in [-0.05, 0) is 30.2 Å². The van der Waals surface area contributed by atoms with E-state index >= 15 is 0 Å². The Balaban J connectivity index is 1.41. The van der Waals surface area contributed by atoms with Gasteiger partial charge in [0, 0.05) is 25.1 Å². The van der Waals surface area contributed by atoms with Crippen LogP contribution in [-0.4, -0.2) is 43.1 Å². The van der Waals surface area contributed by atoms with Gasteiger partial charge in [-0.1, -0.05) is 42.4 Å². The molecule has 1 aromatic heterocycles. The summed E-state index contributed by atoms with van der Waals surface area (Å²) in [6.07, 6.45) is 1.37. The van der Waals surface area contributed by atoms with Crippen LogP contribution >= 0.6 is 0 Å². The Morgan fingerprint density at radius 1 is 1.14 bits per heavy atom. The van der Waals surface area contributed by atoms with E-state index in [1.807, 2.05) is 43.3 Å². The molecule has 0 spiro atoms. The summed E-state index contributed by atoms with van der Waals surface area (Å²) >= 11 is 0. The normalized spacial score (nSPS) is 15.2. The molecule has 8 heteroatoms. The smallest absolute Gasteiger partial charge is 0.243 e. The van der Waals surface area contributed by atoms with Gasteiger partial charge in [-0.2, -0.15) is 9.29 Å². The van der Waals surface area contributed by atoms with Gasteiger partial charge in [0.1, 0.15) is 5.75 Å². The van der Waals surface area contributed by atoms with Crippen molar-refractivity contribution >= 4 is 10.0 Å². The Morgan fingerprint density at radius 3 is 2.55 bits per heavy atom. The monoisotopic (exact) mass is 413 g/mol. The fourth-order valence-electron chi connectivity index (χ4n) is 3.36. The van der Waals surface area contributed by atoms with Gasteiger partial charge in [0.2, 0.25) is 15.9 Å². The molecule has 1 aliphatic rings. The van der Waals surface area contributed by atoms with E-state index in [4.69, 9.17) is 9.26 Å². The van der Waals surface area contributed by atoms with Crippen LogP contribution in [0.1, 0.15) is 35.7 Å². The first-order chi connectivity index (χ1) is 14.0. The van der Waals surface area contributed by atoms with Crippen LogP contribution in [0.5, 0.6) is 5.75 Å². The minimum atomic E-state index is -3.49. The number of sulfonamides is 1. The molecule has 0 bridgehead atoms. The Morgan fingerprint density at radius 2 is 1.86 bits per heavy atom. The van der Waals surface area contributed by atoms with Crippen LogP contribution in [0.15, 0.2) is 57.9 Å². The average Bonchev–Trinajstić information content (AvgIpc) is 3.15. The van der Waals surface area contributed by atoms with Gasteiger partial charge in [0.15, 0.2) is 5.82 Å². The highest BCUT2D eigenvalue weighted by molar-refractivity contribution is 7.89. The van der Waals surface area contributed by atoms with Crippen LogP contribution in [-0.2, 0) is 22.9 Å². The molecule has 0 amide bonds. The lowest BCUT2D eigenvalue weighted by atomic mass is 10.0. The summed E-state index contributed by atoms with van der Waals surface area (Å²) in [6.45, 7) is 2.72. The molecule has 4 rings (SSSR count). The average molecular weight is 413 g/mol. The van der Waals surface area contributed by atoms with Gasteiger partial charge < -0.3 is 9.26 Å². The van der Waals surface area contributed by atoms with Gasteiger partial charge in [-0.25, -0.2) is 8.42 Å². The lowest BCUT2D eigenvalue weighted by Crippen LogP contribution is -2.48. The van der Waals surface area contributed by atoms with Gasteiger partial charge in [0.05, 0.1) is 17.9 Å². The number of hydrogen-bond acceptors (Lipinski definition) is 6. The van der Waals surface area contributed by atoms with Crippen LogP contribution < -0.4 is 4.74 Å². The number of nitrogens with zero attached hydrogens (tertiary/aromatic N) is 3. The predicted molar refractivity (Wildman–Crippen MR) is 107 cm³/mol. The first-order valence-electron chi connectivity index (χ1n) is 9.54. The van der Waals surface area contributed by atoms with Gasteiger partial charge in [-0.3, -0.25) is 0 Å². The number of rotatable bonds is 7. The molecule has 0 saturated carbocycles. The molecular formula is C21H23N3O4S. The molecule has 0 radical (unpaired) electrons. The molecule has 1 saturated heterocycles. The van der Waals surface area contributed by atoms with E-state index in [1.54, 1.807) is 19.2 Å². The lowest BCUT2D eigenvalue weighted by molar-refractivity contribution is 0.216. The topological polar surface area (TPSA) is 85.5 Å². The van der Waals surface area contributed by atoms with Crippen molar-refractivity contribution in [1.29, 1.82) is 0 Å².